The van der Waals surface area contributed by atoms with Crippen LogP contribution < -0.4 is 15.4 Å². The second-order valence-corrected chi connectivity index (χ2v) is 4.76. The van der Waals surface area contributed by atoms with E-state index in [9.17, 15) is 9.90 Å². The molecule has 6 heteroatoms. The zero-order valence-electron chi connectivity index (χ0n) is 11.5. The van der Waals surface area contributed by atoms with Crippen LogP contribution in [-0.2, 0) is 4.79 Å². The first-order valence-corrected chi connectivity index (χ1v) is 6.54. The Bertz CT molecular complexity index is 442. The molecule has 0 spiro atoms. The molecule has 1 aromatic rings. The lowest BCUT2D eigenvalue weighted by molar-refractivity contribution is -0.123. The van der Waals surface area contributed by atoms with Crippen LogP contribution in [0.4, 0.5) is 0 Å². The summed E-state index contributed by atoms with van der Waals surface area (Å²) in [7, 11) is 0. The molecule has 0 aromatic heterocycles. The third kappa shape index (κ3) is 4.67. The first-order valence-electron chi connectivity index (χ1n) is 6.54. The number of carbonyl (C=O) groups is 1. The van der Waals surface area contributed by atoms with Gasteiger partial charge in [0.2, 0.25) is 5.91 Å². The summed E-state index contributed by atoms with van der Waals surface area (Å²) in [5.74, 6) is 0.760. The van der Waals surface area contributed by atoms with E-state index in [2.05, 4.69) is 10.6 Å². The molecule has 1 fully saturated rings. The number of aryl methyl sites for hydroxylation is 1. The summed E-state index contributed by atoms with van der Waals surface area (Å²) in [6.07, 6.45) is 0.0590. The molecule has 1 aliphatic heterocycles. The molecule has 0 bridgehead atoms. The Labute approximate surface area is 125 Å². The molecular weight excluding hydrogens is 280 g/mol. The van der Waals surface area contributed by atoms with E-state index in [0.717, 1.165) is 11.3 Å². The maximum atomic E-state index is 11.7. The minimum Gasteiger partial charge on any atom is -0.491 e. The quantitative estimate of drug-likeness (QED) is 0.698. The summed E-state index contributed by atoms with van der Waals surface area (Å²) < 4.78 is 5.59. The van der Waals surface area contributed by atoms with Crippen molar-refractivity contribution in [2.45, 2.75) is 25.5 Å². The van der Waals surface area contributed by atoms with Gasteiger partial charge in [-0.3, -0.25) is 4.79 Å². The highest BCUT2D eigenvalue weighted by Gasteiger charge is 2.27. The standard InChI is InChI=1S/C14H20N2O3.ClH/c1-10-4-2-3-5-13(10)19-7-6-15-14(18)12-8-11(17)9-16-12;/h2-5,11-12,16-17H,6-9H2,1H3,(H,15,18);1H. The van der Waals surface area contributed by atoms with Gasteiger partial charge in [0, 0.05) is 6.54 Å². The summed E-state index contributed by atoms with van der Waals surface area (Å²) in [6, 6.07) is 7.49. The Hall–Kier alpha value is -1.30. The zero-order chi connectivity index (χ0) is 13.7. The summed E-state index contributed by atoms with van der Waals surface area (Å²) >= 11 is 0. The van der Waals surface area contributed by atoms with Crippen molar-refractivity contribution in [3.05, 3.63) is 29.8 Å². The summed E-state index contributed by atoms with van der Waals surface area (Å²) in [4.78, 5) is 11.7. The van der Waals surface area contributed by atoms with Crippen LogP contribution in [0, 0.1) is 6.92 Å². The normalized spacial score (nSPS) is 21.1. The van der Waals surface area contributed by atoms with Crippen molar-refractivity contribution < 1.29 is 14.6 Å². The molecule has 2 atom stereocenters. The van der Waals surface area contributed by atoms with Gasteiger partial charge in [-0.05, 0) is 25.0 Å². The fraction of sp³-hybridized carbons (Fsp3) is 0.500. The van der Waals surface area contributed by atoms with E-state index >= 15 is 0 Å². The van der Waals surface area contributed by atoms with Crippen LogP contribution in [-0.4, -0.2) is 42.9 Å². The van der Waals surface area contributed by atoms with E-state index in [1.165, 1.54) is 0 Å². The molecule has 112 valence electrons. The van der Waals surface area contributed by atoms with Gasteiger partial charge in [0.1, 0.15) is 12.4 Å². The van der Waals surface area contributed by atoms with Crippen molar-refractivity contribution in [1.82, 2.24) is 10.6 Å². The van der Waals surface area contributed by atoms with Gasteiger partial charge in [0.05, 0.1) is 18.7 Å². The Kier molecular flexibility index (Phi) is 6.78. The fourth-order valence-corrected chi connectivity index (χ4v) is 2.09. The average molecular weight is 301 g/mol. The van der Waals surface area contributed by atoms with Gasteiger partial charge in [-0.25, -0.2) is 0 Å². The van der Waals surface area contributed by atoms with Gasteiger partial charge in [0.15, 0.2) is 0 Å². The van der Waals surface area contributed by atoms with Gasteiger partial charge >= 0.3 is 0 Å². The summed E-state index contributed by atoms with van der Waals surface area (Å²) in [5, 5.41) is 15.1. The minimum atomic E-state index is -0.418. The topological polar surface area (TPSA) is 70.6 Å². The number of amides is 1. The Morgan fingerprint density at radius 1 is 1.50 bits per heavy atom. The summed E-state index contributed by atoms with van der Waals surface area (Å²) in [6.45, 7) is 3.36. The van der Waals surface area contributed by atoms with E-state index in [0.29, 0.717) is 26.1 Å². The minimum absolute atomic E-state index is 0. The lowest BCUT2D eigenvalue weighted by Gasteiger charge is -2.12. The first-order chi connectivity index (χ1) is 9.16. The van der Waals surface area contributed by atoms with E-state index in [4.69, 9.17) is 4.74 Å². The number of halogens is 1. The lowest BCUT2D eigenvalue weighted by atomic mass is 10.2. The molecular formula is C14H21ClN2O3. The molecule has 0 saturated carbocycles. The van der Waals surface area contributed by atoms with Crippen molar-refractivity contribution in [2.75, 3.05) is 19.7 Å². The van der Waals surface area contributed by atoms with Gasteiger partial charge in [-0.2, -0.15) is 0 Å². The Morgan fingerprint density at radius 2 is 2.25 bits per heavy atom. The number of rotatable bonds is 5. The second-order valence-electron chi connectivity index (χ2n) is 4.76. The highest BCUT2D eigenvalue weighted by atomic mass is 35.5. The maximum absolute atomic E-state index is 11.7. The molecule has 1 heterocycles. The monoisotopic (exact) mass is 300 g/mol. The van der Waals surface area contributed by atoms with Gasteiger partial charge in [0.25, 0.3) is 0 Å². The molecule has 20 heavy (non-hydrogen) atoms. The number of nitrogens with one attached hydrogen (secondary N) is 2. The average Bonchev–Trinajstić information content (AvgIpc) is 2.83. The largest absolute Gasteiger partial charge is 0.491 e. The lowest BCUT2D eigenvalue weighted by Crippen LogP contribution is -2.41. The Morgan fingerprint density at radius 3 is 2.90 bits per heavy atom. The second kappa shape index (κ2) is 8.09. The van der Waals surface area contributed by atoms with Gasteiger partial charge in [-0.15, -0.1) is 12.4 Å². The third-order valence-electron chi connectivity index (χ3n) is 3.18. The Balaban J connectivity index is 0.00000200. The fourth-order valence-electron chi connectivity index (χ4n) is 2.09. The number of β-amino-alcohol motifs (C(OH)–C–C–N with tert-alkyl or cyclic N) is 1. The van der Waals surface area contributed by atoms with Crippen molar-refractivity contribution >= 4 is 18.3 Å². The highest BCUT2D eigenvalue weighted by molar-refractivity contribution is 5.85. The van der Waals surface area contributed by atoms with Crippen molar-refractivity contribution in [3.8, 4) is 5.75 Å². The SMILES string of the molecule is Cc1ccccc1OCCNC(=O)C1CC(O)CN1.Cl. The third-order valence-corrected chi connectivity index (χ3v) is 3.18. The van der Waals surface area contributed by atoms with Gasteiger partial charge in [-0.1, -0.05) is 18.2 Å². The van der Waals surface area contributed by atoms with E-state index in [-0.39, 0.29) is 24.4 Å². The van der Waals surface area contributed by atoms with Gasteiger partial charge < -0.3 is 20.5 Å². The van der Waals surface area contributed by atoms with E-state index in [1.54, 1.807) is 0 Å². The van der Waals surface area contributed by atoms with Crippen LogP contribution in [0.5, 0.6) is 5.75 Å². The molecule has 1 amide bonds. The number of ether oxygens (including phenoxy) is 1. The van der Waals surface area contributed by atoms with Crippen LogP contribution in [0.1, 0.15) is 12.0 Å². The van der Waals surface area contributed by atoms with Crippen LogP contribution in [0.2, 0.25) is 0 Å². The molecule has 2 unspecified atom stereocenters. The van der Waals surface area contributed by atoms with Crippen molar-refractivity contribution in [1.29, 1.82) is 0 Å². The van der Waals surface area contributed by atoms with Crippen molar-refractivity contribution in [3.63, 3.8) is 0 Å². The highest BCUT2D eigenvalue weighted by Crippen LogP contribution is 2.15. The van der Waals surface area contributed by atoms with Crippen LogP contribution in [0.15, 0.2) is 24.3 Å². The molecule has 1 saturated heterocycles. The summed E-state index contributed by atoms with van der Waals surface area (Å²) in [5.41, 5.74) is 1.08. The molecule has 0 radical (unpaired) electrons. The predicted molar refractivity (Wildman–Crippen MR) is 79.3 cm³/mol. The number of aliphatic hydroxyl groups excluding tert-OH is 1. The van der Waals surface area contributed by atoms with Crippen molar-refractivity contribution in [2.24, 2.45) is 0 Å². The van der Waals surface area contributed by atoms with Crippen LogP contribution >= 0.6 is 12.4 Å². The molecule has 1 aliphatic rings. The molecule has 5 nitrogen and oxygen atoms in total. The smallest absolute Gasteiger partial charge is 0.237 e. The van der Waals surface area contributed by atoms with E-state index < -0.39 is 6.10 Å². The number of hydrogen-bond donors (Lipinski definition) is 3. The first kappa shape index (κ1) is 16.8. The number of aliphatic hydroxyl groups is 1. The molecule has 2 rings (SSSR count). The van der Waals surface area contributed by atoms with Crippen LogP contribution in [0.25, 0.3) is 0 Å². The number of para-hydroxylation sites is 1. The predicted octanol–water partition coefficient (Wildman–Crippen LogP) is 0.635. The van der Waals surface area contributed by atoms with Crippen LogP contribution in [0.3, 0.4) is 0 Å². The molecule has 0 aliphatic carbocycles. The molecule has 1 aromatic carbocycles. The molecule has 3 N–H and O–H groups in total. The number of benzene rings is 1. The maximum Gasteiger partial charge on any atom is 0.237 e. The number of carbonyl (C=O) groups excluding carboxylic acids is 1. The number of hydrogen-bond acceptors (Lipinski definition) is 4. The van der Waals surface area contributed by atoms with E-state index in [1.807, 2.05) is 31.2 Å². The zero-order valence-corrected chi connectivity index (χ0v) is 12.3.